The summed E-state index contributed by atoms with van der Waals surface area (Å²) in [4.78, 5) is 47.9. The molecule has 4 atom stereocenters. The van der Waals surface area contributed by atoms with Crippen LogP contribution in [0.5, 0.6) is 17.5 Å². The number of aromatic amines is 2. The van der Waals surface area contributed by atoms with Crippen LogP contribution in [0.2, 0.25) is 0 Å². The molecule has 4 aromatic rings. The first-order chi connectivity index (χ1) is 28.1. The smallest absolute Gasteiger partial charge is 0.259 e. The molecular formula is C44H52N6O6S2. The van der Waals surface area contributed by atoms with Gasteiger partial charge in [-0.25, -0.2) is 0 Å². The van der Waals surface area contributed by atoms with Crippen LogP contribution in [-0.4, -0.2) is 49.0 Å². The zero-order chi connectivity index (χ0) is 40.5. The number of nitrogens with zero attached hydrogens (tertiary/aromatic N) is 3. The van der Waals surface area contributed by atoms with Crippen molar-refractivity contribution in [3.63, 3.8) is 0 Å². The number of aromatic hydroxyl groups is 1. The number of nitrogens with one attached hydrogen (secondary N) is 3. The largest absolute Gasteiger partial charge is 0.860 e. The highest BCUT2D eigenvalue weighted by Crippen LogP contribution is 2.39. The number of allylic oxidation sites excluding steroid dienone is 4. The Bertz CT molecular complexity index is 2470. The Kier molecular flexibility index (Phi) is 11.9. The van der Waals surface area contributed by atoms with E-state index in [1.807, 2.05) is 16.7 Å². The fourth-order valence-corrected chi connectivity index (χ4v) is 10.5. The molecule has 0 spiro atoms. The second kappa shape index (κ2) is 17.2. The summed E-state index contributed by atoms with van der Waals surface area (Å²) in [5.74, 6) is -1.07. The summed E-state index contributed by atoms with van der Waals surface area (Å²) in [6.45, 7) is 3.50. The Morgan fingerprint density at radius 1 is 0.897 bits per heavy atom. The van der Waals surface area contributed by atoms with Gasteiger partial charge in [-0.05, 0) is 125 Å². The van der Waals surface area contributed by atoms with E-state index in [1.165, 1.54) is 25.2 Å². The number of quaternary nitrogens is 1. The van der Waals surface area contributed by atoms with Gasteiger partial charge in [0.1, 0.15) is 12.3 Å². The highest BCUT2D eigenvalue weighted by molar-refractivity contribution is 7.71. The fourth-order valence-electron chi connectivity index (χ4n) is 9.97. The summed E-state index contributed by atoms with van der Waals surface area (Å²) in [5, 5.41) is 26.8. The van der Waals surface area contributed by atoms with Crippen LogP contribution >= 0.6 is 24.4 Å². The first-order valence-electron chi connectivity index (χ1n) is 20.8. The number of H-pyrrole nitrogens is 2. The minimum Gasteiger partial charge on any atom is -0.860 e. The van der Waals surface area contributed by atoms with E-state index in [2.05, 4.69) is 28.2 Å². The molecule has 14 heteroatoms. The summed E-state index contributed by atoms with van der Waals surface area (Å²) in [6, 6.07) is 11.0. The Hall–Kier alpha value is -4.79. The van der Waals surface area contributed by atoms with Gasteiger partial charge in [0.15, 0.2) is 9.54 Å². The van der Waals surface area contributed by atoms with E-state index in [1.54, 1.807) is 25.3 Å². The van der Waals surface area contributed by atoms with Crippen molar-refractivity contribution in [2.24, 2.45) is 5.92 Å². The Balaban J connectivity index is 1.23. The molecule has 0 amide bonds. The number of benzene rings is 1. The summed E-state index contributed by atoms with van der Waals surface area (Å²) >= 11 is 11.2. The predicted octanol–water partition coefficient (Wildman–Crippen LogP) is 5.24. The van der Waals surface area contributed by atoms with Crippen LogP contribution in [-0.2, 0) is 26.2 Å². The van der Waals surface area contributed by atoms with Crippen molar-refractivity contribution in [1.82, 2.24) is 23.7 Å². The molecule has 12 nitrogen and oxygen atoms in total. The maximum absolute atomic E-state index is 14.7. The molecule has 3 aromatic heterocycles. The van der Waals surface area contributed by atoms with Crippen molar-refractivity contribution in [3.05, 3.63) is 128 Å². The van der Waals surface area contributed by atoms with Gasteiger partial charge in [0.05, 0.1) is 31.7 Å². The van der Waals surface area contributed by atoms with E-state index in [0.717, 1.165) is 82.1 Å². The van der Waals surface area contributed by atoms with Gasteiger partial charge in [-0.15, -0.1) is 0 Å². The third-order valence-electron chi connectivity index (χ3n) is 12.8. The Morgan fingerprint density at radius 2 is 1.57 bits per heavy atom. The number of rotatable bonds is 12. The van der Waals surface area contributed by atoms with Crippen LogP contribution in [0, 0.1) is 15.5 Å². The molecule has 8 rings (SSSR count). The van der Waals surface area contributed by atoms with E-state index < -0.39 is 22.9 Å². The van der Waals surface area contributed by atoms with Crippen molar-refractivity contribution in [2.75, 3.05) is 20.2 Å². The quantitative estimate of drug-likeness (QED) is 0.112. The highest BCUT2D eigenvalue weighted by Gasteiger charge is 2.38. The van der Waals surface area contributed by atoms with Gasteiger partial charge >= 0.3 is 0 Å². The van der Waals surface area contributed by atoms with Gasteiger partial charge in [0, 0.05) is 54.4 Å². The number of likely N-dealkylation sites (tertiary alicyclic amines) is 1. The zero-order valence-electron chi connectivity index (χ0n) is 33.0. The Labute approximate surface area is 347 Å². The second-order valence-corrected chi connectivity index (χ2v) is 17.3. The van der Waals surface area contributed by atoms with Crippen LogP contribution in [0.3, 0.4) is 0 Å². The summed E-state index contributed by atoms with van der Waals surface area (Å²) in [7, 11) is 1.61. The molecule has 2 bridgehead atoms. The van der Waals surface area contributed by atoms with Gasteiger partial charge in [-0.3, -0.25) is 28.9 Å². The van der Waals surface area contributed by atoms with E-state index in [9.17, 15) is 24.6 Å². The second-order valence-electron chi connectivity index (χ2n) is 16.5. The number of aromatic nitrogens is 5. The van der Waals surface area contributed by atoms with Crippen LogP contribution < -0.4 is 31.4 Å². The lowest BCUT2D eigenvalue weighted by molar-refractivity contribution is -0.924. The number of ether oxygens (including phenoxy) is 1. The van der Waals surface area contributed by atoms with Gasteiger partial charge in [0.25, 0.3) is 16.7 Å². The van der Waals surface area contributed by atoms with Gasteiger partial charge in [0.2, 0.25) is 5.88 Å². The van der Waals surface area contributed by atoms with Crippen molar-refractivity contribution in [1.29, 1.82) is 0 Å². The van der Waals surface area contributed by atoms with Crippen LogP contribution in [0.4, 0.5) is 0 Å². The van der Waals surface area contributed by atoms with Crippen molar-refractivity contribution in [2.45, 2.75) is 109 Å². The fraction of sp³-hybridized carbons (Fsp3) is 0.477. The van der Waals surface area contributed by atoms with Gasteiger partial charge < -0.3 is 29.0 Å². The minimum absolute atomic E-state index is 0.0160. The molecule has 2 aliphatic heterocycles. The van der Waals surface area contributed by atoms with Gasteiger partial charge in [-0.2, -0.15) is 0 Å². The summed E-state index contributed by atoms with van der Waals surface area (Å²) < 4.78 is 10.8. The number of pyridine rings is 1. The summed E-state index contributed by atoms with van der Waals surface area (Å²) in [6.07, 6.45) is 15.1. The van der Waals surface area contributed by atoms with Crippen molar-refractivity contribution >= 4 is 24.4 Å². The molecule has 1 fully saturated rings. The molecule has 2 unspecified atom stereocenters. The zero-order valence-corrected chi connectivity index (χ0v) is 34.7. The lowest BCUT2D eigenvalue weighted by atomic mass is 9.82. The summed E-state index contributed by atoms with van der Waals surface area (Å²) in [5.41, 5.74) is 3.20. The number of hydrogen-bond acceptors (Lipinski definition) is 8. The number of methoxy groups -OCH3 is 1. The van der Waals surface area contributed by atoms with Crippen LogP contribution in [0.15, 0.2) is 74.1 Å². The standard InChI is InChI=1S/C44H52N6O6S2/c1-56-34-16-15-30(22-32(34)26-47-23-29-21-31(25-47)33-13-8-14-35(51)50(33)24-29)36(37-39(52)45-43(57)48(41(37)54)19-17-27-9-4-2-5-10-27)38-40(53)46-44(58)49(42(38)55)20-18-28-11-6-3-7-12-28/h8-9,11,13-16,22,29,31,36,54-55H,2-7,10,12,17-21,23-26H2,1H3,(H,45,52,57)(H,46,53,58)/t29-,31+/m0/s1. The first-order valence-corrected chi connectivity index (χ1v) is 21.6. The molecule has 4 N–H and O–H groups in total. The SMILES string of the molecule is COc1ccc(C(c2c([O-])n(CCC3=CCCCC3)c(=S)[nH]c2=O)c2c(O)n(CCC3=CCCCC3)c(=S)[nH]c2=O)cc1C[NH+]1C[C@@H]2C[C@H](C1)c1cccc(=O)n1C2. The van der Waals surface area contributed by atoms with Crippen LogP contribution in [0.25, 0.3) is 0 Å². The topological polar surface area (TPSA) is 155 Å². The molecule has 0 radical (unpaired) electrons. The monoisotopic (exact) mass is 824 g/mol. The molecule has 306 valence electrons. The van der Waals surface area contributed by atoms with Gasteiger partial charge in [-0.1, -0.05) is 35.4 Å². The lowest BCUT2D eigenvalue weighted by Crippen LogP contribution is -3.13. The van der Waals surface area contributed by atoms with E-state index in [0.29, 0.717) is 49.7 Å². The normalized spacial score (nSPS) is 20.8. The lowest BCUT2D eigenvalue weighted by Gasteiger charge is -2.40. The van der Waals surface area contributed by atoms with E-state index in [4.69, 9.17) is 29.2 Å². The van der Waals surface area contributed by atoms with Crippen molar-refractivity contribution in [3.8, 4) is 17.5 Å². The Morgan fingerprint density at radius 3 is 2.24 bits per heavy atom. The number of piperidine rings is 1. The minimum atomic E-state index is -1.27. The molecule has 0 saturated carbocycles. The number of fused-ring (bicyclic) bond motifs is 4. The third kappa shape index (κ3) is 8.10. The molecule has 5 heterocycles. The maximum Gasteiger partial charge on any atom is 0.259 e. The highest BCUT2D eigenvalue weighted by atomic mass is 32.1. The van der Waals surface area contributed by atoms with Crippen LogP contribution in [0.1, 0.15) is 110 Å². The van der Waals surface area contributed by atoms with E-state index >= 15 is 0 Å². The molecule has 58 heavy (non-hydrogen) atoms. The molecule has 1 saturated heterocycles. The first kappa shape index (κ1) is 40.0. The van der Waals surface area contributed by atoms with E-state index in [-0.39, 0.29) is 44.6 Å². The molecular weight excluding hydrogens is 773 g/mol. The van der Waals surface area contributed by atoms with Crippen molar-refractivity contribution < 1.29 is 19.8 Å². The molecule has 4 aliphatic rings. The predicted molar refractivity (Wildman–Crippen MR) is 225 cm³/mol. The average molecular weight is 825 g/mol. The average Bonchev–Trinajstić information content (AvgIpc) is 3.21. The number of hydrogen-bond donors (Lipinski definition) is 4. The molecule has 1 aromatic carbocycles. The third-order valence-corrected chi connectivity index (χ3v) is 13.4. The molecule has 2 aliphatic carbocycles. The maximum atomic E-state index is 14.7.